The summed E-state index contributed by atoms with van der Waals surface area (Å²) in [6.45, 7) is 6.70. The maximum Gasteiger partial charge on any atom is 0.227 e. The van der Waals surface area contributed by atoms with Crippen molar-refractivity contribution in [3.63, 3.8) is 0 Å². The van der Waals surface area contributed by atoms with Gasteiger partial charge in [-0.1, -0.05) is 32.0 Å². The quantitative estimate of drug-likeness (QED) is 0.872. The number of para-hydroxylation sites is 1. The van der Waals surface area contributed by atoms with Crippen molar-refractivity contribution in [2.24, 2.45) is 0 Å². The smallest absolute Gasteiger partial charge is 0.227 e. The fourth-order valence-corrected chi connectivity index (χ4v) is 2.56. The molecule has 0 spiro atoms. The predicted molar refractivity (Wildman–Crippen MR) is 72.9 cm³/mol. The van der Waals surface area contributed by atoms with Crippen molar-refractivity contribution < 1.29 is 9.90 Å². The van der Waals surface area contributed by atoms with Crippen LogP contribution in [-0.4, -0.2) is 23.7 Å². The first kappa shape index (κ1) is 13.1. The van der Waals surface area contributed by atoms with E-state index in [1.165, 1.54) is 5.56 Å². The van der Waals surface area contributed by atoms with Gasteiger partial charge in [-0.3, -0.25) is 4.79 Å². The predicted octanol–water partition coefficient (Wildman–Crippen LogP) is 2.61. The molecule has 1 aromatic carbocycles. The van der Waals surface area contributed by atoms with Gasteiger partial charge in [0.1, 0.15) is 0 Å². The molecule has 1 saturated heterocycles. The summed E-state index contributed by atoms with van der Waals surface area (Å²) >= 11 is 0. The molecule has 1 unspecified atom stereocenters. The molecule has 18 heavy (non-hydrogen) atoms. The van der Waals surface area contributed by atoms with Gasteiger partial charge in [-0.2, -0.15) is 0 Å². The Kier molecular flexibility index (Phi) is 3.71. The number of aryl methyl sites for hydroxylation is 1. The first-order chi connectivity index (χ1) is 8.50. The van der Waals surface area contributed by atoms with Crippen LogP contribution in [0.2, 0.25) is 0 Å². The first-order valence-electron chi connectivity index (χ1n) is 6.58. The second kappa shape index (κ2) is 5.11. The molecule has 0 aliphatic carbocycles. The summed E-state index contributed by atoms with van der Waals surface area (Å²) in [5.74, 6) is 0.489. The number of aliphatic hydroxyl groups is 1. The summed E-state index contributed by atoms with van der Waals surface area (Å²) in [6, 6.07) is 6.12. The van der Waals surface area contributed by atoms with Gasteiger partial charge in [-0.15, -0.1) is 0 Å². The minimum absolute atomic E-state index is 0.122. The van der Waals surface area contributed by atoms with Crippen LogP contribution in [0, 0.1) is 6.92 Å². The number of amides is 1. The lowest BCUT2D eigenvalue weighted by Gasteiger charge is -2.33. The molecule has 1 N–H and O–H groups in total. The second-order valence-electron chi connectivity index (χ2n) is 5.36. The Labute approximate surface area is 108 Å². The summed E-state index contributed by atoms with van der Waals surface area (Å²) in [7, 11) is 0. The first-order valence-corrected chi connectivity index (χ1v) is 6.58. The van der Waals surface area contributed by atoms with Crippen LogP contribution in [0.1, 0.15) is 43.7 Å². The molecule has 0 bridgehead atoms. The minimum atomic E-state index is -0.401. The van der Waals surface area contributed by atoms with Crippen LogP contribution in [0.15, 0.2) is 18.2 Å². The zero-order valence-electron chi connectivity index (χ0n) is 11.3. The maximum absolute atomic E-state index is 12.1. The van der Waals surface area contributed by atoms with E-state index < -0.39 is 6.10 Å². The van der Waals surface area contributed by atoms with Crippen LogP contribution in [0.3, 0.4) is 0 Å². The number of benzene rings is 1. The lowest BCUT2D eigenvalue weighted by Crippen LogP contribution is -2.43. The molecular weight excluding hydrogens is 226 g/mol. The number of hydrogen-bond acceptors (Lipinski definition) is 2. The molecule has 1 aliphatic heterocycles. The van der Waals surface area contributed by atoms with E-state index in [2.05, 4.69) is 19.9 Å². The minimum Gasteiger partial charge on any atom is -0.391 e. The molecule has 1 heterocycles. The van der Waals surface area contributed by atoms with Crippen LogP contribution in [0.4, 0.5) is 5.69 Å². The summed E-state index contributed by atoms with van der Waals surface area (Å²) < 4.78 is 0. The number of β-amino-alcohol motifs (C(OH)–C–C–N with tert-alkyl or cyclic N) is 1. The molecule has 1 amide bonds. The van der Waals surface area contributed by atoms with Gasteiger partial charge in [0.2, 0.25) is 5.91 Å². The Morgan fingerprint density at radius 3 is 2.78 bits per heavy atom. The normalized spacial score (nSPS) is 20.6. The zero-order chi connectivity index (χ0) is 13.3. The zero-order valence-corrected chi connectivity index (χ0v) is 11.3. The van der Waals surface area contributed by atoms with Crippen LogP contribution in [0.25, 0.3) is 0 Å². The summed E-state index contributed by atoms with van der Waals surface area (Å²) in [6.07, 6.45) is 0.618. The number of carbonyl (C=O) groups excluding carboxylic acids is 1. The number of anilines is 1. The third-order valence-corrected chi connectivity index (χ3v) is 3.55. The summed E-state index contributed by atoms with van der Waals surface area (Å²) in [5.41, 5.74) is 3.28. The highest BCUT2D eigenvalue weighted by atomic mass is 16.3. The van der Waals surface area contributed by atoms with E-state index >= 15 is 0 Å². The Morgan fingerprint density at radius 1 is 1.39 bits per heavy atom. The maximum atomic E-state index is 12.1. The third kappa shape index (κ3) is 2.41. The van der Waals surface area contributed by atoms with Crippen molar-refractivity contribution >= 4 is 11.6 Å². The molecule has 2 rings (SSSR count). The Hall–Kier alpha value is -1.35. The number of carbonyl (C=O) groups is 1. The van der Waals surface area contributed by atoms with Gasteiger partial charge in [-0.05, 0) is 30.4 Å². The van der Waals surface area contributed by atoms with Gasteiger partial charge in [0.15, 0.2) is 0 Å². The van der Waals surface area contributed by atoms with Crippen molar-refractivity contribution in [1.82, 2.24) is 0 Å². The van der Waals surface area contributed by atoms with Crippen LogP contribution < -0.4 is 4.90 Å². The number of hydrogen-bond donors (Lipinski definition) is 1. The SMILES string of the molecule is Cc1cccc(C(C)C)c1N1CC(O)CCC1=O. The van der Waals surface area contributed by atoms with Gasteiger partial charge in [0.05, 0.1) is 18.3 Å². The standard InChI is InChI=1S/C15H21NO2/c1-10(2)13-6-4-5-11(3)15(13)16-9-12(17)7-8-14(16)18/h4-6,10,12,17H,7-9H2,1-3H3. The Bertz CT molecular complexity index is 454. The van der Waals surface area contributed by atoms with Gasteiger partial charge < -0.3 is 10.0 Å². The van der Waals surface area contributed by atoms with Crippen LogP contribution in [-0.2, 0) is 4.79 Å². The molecule has 1 aliphatic rings. The van der Waals surface area contributed by atoms with Gasteiger partial charge in [0.25, 0.3) is 0 Å². The van der Waals surface area contributed by atoms with Crippen molar-refractivity contribution in [3.05, 3.63) is 29.3 Å². The van der Waals surface area contributed by atoms with E-state index in [1.807, 2.05) is 19.1 Å². The average molecular weight is 247 g/mol. The van der Waals surface area contributed by atoms with E-state index in [0.29, 0.717) is 25.3 Å². The highest BCUT2D eigenvalue weighted by molar-refractivity contribution is 5.95. The molecule has 0 radical (unpaired) electrons. The number of rotatable bonds is 2. The second-order valence-corrected chi connectivity index (χ2v) is 5.36. The number of nitrogens with zero attached hydrogens (tertiary/aromatic N) is 1. The highest BCUT2D eigenvalue weighted by Gasteiger charge is 2.28. The van der Waals surface area contributed by atoms with Gasteiger partial charge >= 0.3 is 0 Å². The van der Waals surface area contributed by atoms with E-state index in [-0.39, 0.29) is 5.91 Å². The molecule has 0 aromatic heterocycles. The lowest BCUT2D eigenvalue weighted by atomic mass is 9.95. The van der Waals surface area contributed by atoms with Crippen LogP contribution in [0.5, 0.6) is 0 Å². The molecule has 1 aromatic rings. The van der Waals surface area contributed by atoms with Crippen molar-refractivity contribution in [2.75, 3.05) is 11.4 Å². The molecule has 3 nitrogen and oxygen atoms in total. The number of aliphatic hydroxyl groups excluding tert-OH is 1. The topological polar surface area (TPSA) is 40.5 Å². The van der Waals surface area contributed by atoms with Crippen molar-refractivity contribution in [1.29, 1.82) is 0 Å². The van der Waals surface area contributed by atoms with Crippen molar-refractivity contribution in [3.8, 4) is 0 Å². The highest BCUT2D eigenvalue weighted by Crippen LogP contribution is 2.33. The fourth-order valence-electron chi connectivity index (χ4n) is 2.56. The number of piperidine rings is 1. The lowest BCUT2D eigenvalue weighted by molar-refractivity contribution is -0.121. The van der Waals surface area contributed by atoms with E-state index in [9.17, 15) is 9.90 Å². The molecule has 98 valence electrons. The van der Waals surface area contributed by atoms with E-state index in [1.54, 1.807) is 4.90 Å². The average Bonchev–Trinajstić information content (AvgIpc) is 2.32. The summed E-state index contributed by atoms with van der Waals surface area (Å²) in [5, 5.41) is 9.79. The summed E-state index contributed by atoms with van der Waals surface area (Å²) in [4.78, 5) is 13.8. The van der Waals surface area contributed by atoms with E-state index in [4.69, 9.17) is 0 Å². The molecule has 3 heteroatoms. The van der Waals surface area contributed by atoms with E-state index in [0.717, 1.165) is 11.3 Å². The Morgan fingerprint density at radius 2 is 2.11 bits per heavy atom. The molecule has 1 atom stereocenters. The third-order valence-electron chi connectivity index (χ3n) is 3.55. The molecular formula is C15H21NO2. The van der Waals surface area contributed by atoms with Crippen LogP contribution >= 0.6 is 0 Å². The van der Waals surface area contributed by atoms with Gasteiger partial charge in [0, 0.05) is 6.42 Å². The van der Waals surface area contributed by atoms with Gasteiger partial charge in [-0.25, -0.2) is 0 Å². The largest absolute Gasteiger partial charge is 0.391 e. The fraction of sp³-hybridized carbons (Fsp3) is 0.533. The Balaban J connectivity index is 2.45. The molecule has 0 saturated carbocycles. The monoisotopic (exact) mass is 247 g/mol. The molecule has 1 fully saturated rings. The van der Waals surface area contributed by atoms with Crippen molar-refractivity contribution in [2.45, 2.75) is 45.6 Å².